The van der Waals surface area contributed by atoms with Gasteiger partial charge in [0.25, 0.3) is 0 Å². The zero-order valence-corrected chi connectivity index (χ0v) is 9.93. The van der Waals surface area contributed by atoms with Crippen LogP contribution in [0.4, 0.5) is 5.69 Å². The number of rotatable bonds is 3. The van der Waals surface area contributed by atoms with E-state index in [1.54, 1.807) is 26.0 Å². The number of nitrogen functional groups attached to an aromatic ring is 1. The summed E-state index contributed by atoms with van der Waals surface area (Å²) in [5, 5.41) is 0. The van der Waals surface area contributed by atoms with Crippen LogP contribution < -0.4 is 10.5 Å². The summed E-state index contributed by atoms with van der Waals surface area (Å²) in [7, 11) is -3.43. The Bertz CT molecular complexity index is 452. The largest absolute Gasteiger partial charge is 0.398 e. The van der Waals surface area contributed by atoms with Crippen LogP contribution in [-0.4, -0.2) is 14.5 Å². The van der Waals surface area contributed by atoms with Gasteiger partial charge in [-0.3, -0.25) is 0 Å². The molecule has 0 atom stereocenters. The van der Waals surface area contributed by atoms with Crippen LogP contribution in [-0.2, 0) is 10.0 Å². The van der Waals surface area contributed by atoms with Gasteiger partial charge in [0.1, 0.15) is 0 Å². The number of nitrogens with one attached hydrogen (secondary N) is 1. The highest BCUT2D eigenvalue weighted by Gasteiger charge is 2.15. The van der Waals surface area contributed by atoms with Gasteiger partial charge in [-0.1, -0.05) is 6.07 Å². The van der Waals surface area contributed by atoms with Crippen LogP contribution >= 0.6 is 0 Å². The molecule has 0 unspecified atom stereocenters. The van der Waals surface area contributed by atoms with Gasteiger partial charge >= 0.3 is 0 Å². The number of hydrogen-bond donors (Lipinski definition) is 2. The van der Waals surface area contributed by atoms with Gasteiger partial charge in [-0.15, -0.1) is 0 Å². The highest BCUT2D eigenvalue weighted by Crippen LogP contribution is 2.17. The first kappa shape index (κ1) is 12.0. The Morgan fingerprint density at radius 1 is 1.33 bits per heavy atom. The molecule has 0 aliphatic heterocycles. The van der Waals surface area contributed by atoms with E-state index in [0.29, 0.717) is 5.69 Å². The summed E-state index contributed by atoms with van der Waals surface area (Å²) in [6, 6.07) is 4.60. The molecule has 0 bridgehead atoms. The molecule has 3 N–H and O–H groups in total. The fourth-order valence-electron chi connectivity index (χ4n) is 1.16. The van der Waals surface area contributed by atoms with E-state index >= 15 is 0 Å². The van der Waals surface area contributed by atoms with E-state index in [-0.39, 0.29) is 10.9 Å². The Morgan fingerprint density at radius 2 is 1.93 bits per heavy atom. The maximum atomic E-state index is 11.7. The molecule has 1 aromatic rings. The first-order valence-electron chi connectivity index (χ1n) is 4.71. The van der Waals surface area contributed by atoms with Gasteiger partial charge in [-0.2, -0.15) is 0 Å². The van der Waals surface area contributed by atoms with Gasteiger partial charge in [0.05, 0.1) is 4.90 Å². The van der Waals surface area contributed by atoms with E-state index in [1.807, 2.05) is 6.92 Å². The monoisotopic (exact) mass is 228 g/mol. The van der Waals surface area contributed by atoms with Gasteiger partial charge in [-0.05, 0) is 38.5 Å². The van der Waals surface area contributed by atoms with Gasteiger partial charge in [0, 0.05) is 11.7 Å². The minimum atomic E-state index is -3.43. The van der Waals surface area contributed by atoms with E-state index in [2.05, 4.69) is 4.72 Å². The third kappa shape index (κ3) is 2.94. The molecule has 84 valence electrons. The molecule has 0 spiro atoms. The highest BCUT2D eigenvalue weighted by molar-refractivity contribution is 7.89. The quantitative estimate of drug-likeness (QED) is 0.765. The van der Waals surface area contributed by atoms with Crippen molar-refractivity contribution in [2.24, 2.45) is 0 Å². The van der Waals surface area contributed by atoms with Crippen molar-refractivity contribution in [1.82, 2.24) is 4.72 Å². The summed E-state index contributed by atoms with van der Waals surface area (Å²) in [6.45, 7) is 5.38. The molecule has 0 saturated carbocycles. The van der Waals surface area contributed by atoms with E-state index in [1.165, 1.54) is 6.07 Å². The molecule has 15 heavy (non-hydrogen) atoms. The number of hydrogen-bond acceptors (Lipinski definition) is 3. The normalized spacial score (nSPS) is 12.0. The third-order valence-electron chi connectivity index (χ3n) is 1.95. The van der Waals surface area contributed by atoms with Crippen LogP contribution in [0.5, 0.6) is 0 Å². The van der Waals surface area contributed by atoms with Crippen molar-refractivity contribution >= 4 is 15.7 Å². The predicted molar refractivity (Wildman–Crippen MR) is 61.0 cm³/mol. The Morgan fingerprint density at radius 3 is 2.40 bits per heavy atom. The van der Waals surface area contributed by atoms with E-state index in [9.17, 15) is 8.42 Å². The van der Waals surface area contributed by atoms with E-state index in [0.717, 1.165) is 5.56 Å². The summed E-state index contributed by atoms with van der Waals surface area (Å²) in [5.41, 5.74) is 7.02. The highest BCUT2D eigenvalue weighted by atomic mass is 32.2. The molecule has 0 fully saturated rings. The maximum Gasteiger partial charge on any atom is 0.240 e. The molecule has 0 heterocycles. The lowest BCUT2D eigenvalue weighted by Gasteiger charge is -2.10. The van der Waals surface area contributed by atoms with Crippen LogP contribution in [0.25, 0.3) is 0 Å². The lowest BCUT2D eigenvalue weighted by molar-refractivity contribution is 0.570. The number of sulfonamides is 1. The van der Waals surface area contributed by atoms with Crippen molar-refractivity contribution in [3.05, 3.63) is 23.8 Å². The lowest BCUT2D eigenvalue weighted by atomic mass is 10.2. The Labute approximate surface area is 90.5 Å². The number of anilines is 1. The molecule has 1 rings (SSSR count). The second-order valence-corrected chi connectivity index (χ2v) is 5.51. The van der Waals surface area contributed by atoms with Crippen molar-refractivity contribution < 1.29 is 8.42 Å². The standard InChI is InChI=1S/C10H16N2O2S/c1-7(2)12-15(13,14)9-5-4-8(3)10(11)6-9/h4-7,12H,11H2,1-3H3. The van der Waals surface area contributed by atoms with Gasteiger partial charge in [-0.25, -0.2) is 13.1 Å². The summed E-state index contributed by atoms with van der Waals surface area (Å²) in [5.74, 6) is 0. The first-order valence-corrected chi connectivity index (χ1v) is 6.19. The van der Waals surface area contributed by atoms with Gasteiger partial charge in [0.15, 0.2) is 0 Å². The van der Waals surface area contributed by atoms with Crippen molar-refractivity contribution in [3.8, 4) is 0 Å². The van der Waals surface area contributed by atoms with Crippen molar-refractivity contribution in [2.45, 2.75) is 31.7 Å². The molecule has 0 aliphatic carbocycles. The molecule has 1 aromatic carbocycles. The molecular formula is C10H16N2O2S. The minimum Gasteiger partial charge on any atom is -0.398 e. The van der Waals surface area contributed by atoms with Crippen LogP contribution in [0.15, 0.2) is 23.1 Å². The summed E-state index contributed by atoms with van der Waals surface area (Å²) in [6.07, 6.45) is 0. The van der Waals surface area contributed by atoms with E-state index in [4.69, 9.17) is 5.73 Å². The average Bonchev–Trinajstić information content (AvgIpc) is 2.07. The fraction of sp³-hybridized carbons (Fsp3) is 0.400. The Kier molecular flexibility index (Phi) is 3.36. The molecule has 4 nitrogen and oxygen atoms in total. The molecule has 0 amide bonds. The Balaban J connectivity index is 3.11. The molecule has 5 heteroatoms. The van der Waals surface area contributed by atoms with E-state index < -0.39 is 10.0 Å². The van der Waals surface area contributed by atoms with Crippen LogP contribution in [0, 0.1) is 6.92 Å². The molecular weight excluding hydrogens is 212 g/mol. The zero-order valence-electron chi connectivity index (χ0n) is 9.11. The first-order chi connectivity index (χ1) is 6.83. The van der Waals surface area contributed by atoms with Crippen molar-refractivity contribution in [3.63, 3.8) is 0 Å². The number of nitrogens with two attached hydrogens (primary N) is 1. The predicted octanol–water partition coefficient (Wildman–Crippen LogP) is 1.26. The topological polar surface area (TPSA) is 72.2 Å². The number of benzene rings is 1. The van der Waals surface area contributed by atoms with Gasteiger partial charge < -0.3 is 5.73 Å². The number of aryl methyl sites for hydroxylation is 1. The lowest BCUT2D eigenvalue weighted by Crippen LogP contribution is -2.30. The second-order valence-electron chi connectivity index (χ2n) is 3.79. The van der Waals surface area contributed by atoms with Crippen molar-refractivity contribution in [2.75, 3.05) is 5.73 Å². The van der Waals surface area contributed by atoms with Crippen molar-refractivity contribution in [1.29, 1.82) is 0 Å². The fourth-order valence-corrected chi connectivity index (χ4v) is 2.45. The summed E-state index contributed by atoms with van der Waals surface area (Å²) in [4.78, 5) is 0.208. The van der Waals surface area contributed by atoms with Crippen LogP contribution in [0.1, 0.15) is 19.4 Å². The smallest absolute Gasteiger partial charge is 0.240 e. The second kappa shape index (κ2) is 4.20. The van der Waals surface area contributed by atoms with Crippen LogP contribution in [0.2, 0.25) is 0 Å². The molecule has 0 aromatic heterocycles. The minimum absolute atomic E-state index is 0.127. The third-order valence-corrected chi connectivity index (χ3v) is 3.61. The molecule has 0 saturated heterocycles. The maximum absolute atomic E-state index is 11.7. The molecule has 0 aliphatic rings. The Hall–Kier alpha value is -1.07. The average molecular weight is 228 g/mol. The summed E-state index contributed by atoms with van der Waals surface area (Å²) >= 11 is 0. The van der Waals surface area contributed by atoms with Crippen LogP contribution in [0.3, 0.4) is 0 Å². The molecule has 0 radical (unpaired) electrons. The van der Waals surface area contributed by atoms with Gasteiger partial charge in [0.2, 0.25) is 10.0 Å². The summed E-state index contributed by atoms with van der Waals surface area (Å²) < 4.78 is 26.0. The SMILES string of the molecule is Cc1ccc(S(=O)(=O)NC(C)C)cc1N. The zero-order chi connectivity index (χ0) is 11.6.